The maximum atomic E-state index is 12.7. The van der Waals surface area contributed by atoms with Crippen LogP contribution in [0.25, 0.3) is 0 Å². The van der Waals surface area contributed by atoms with Crippen LogP contribution in [0.5, 0.6) is 0 Å². The zero-order chi connectivity index (χ0) is 16.3. The van der Waals surface area contributed by atoms with Gasteiger partial charge in [0.15, 0.2) is 5.78 Å². The molecule has 1 heterocycles. The molecule has 1 aliphatic heterocycles. The van der Waals surface area contributed by atoms with Gasteiger partial charge in [0.25, 0.3) is 0 Å². The number of carbonyl (C=O) groups excluding carboxylic acids is 2. The van der Waals surface area contributed by atoms with Crippen LogP contribution in [0.2, 0.25) is 0 Å². The number of esters is 1. The van der Waals surface area contributed by atoms with E-state index >= 15 is 0 Å². The molecular formula is C14H12F3NO3S. The van der Waals surface area contributed by atoms with E-state index in [0.29, 0.717) is 0 Å². The van der Waals surface area contributed by atoms with E-state index in [1.807, 2.05) is 0 Å². The number of halogens is 3. The summed E-state index contributed by atoms with van der Waals surface area (Å²) in [5.41, 5.74) is -0.816. The molecule has 1 aromatic rings. The van der Waals surface area contributed by atoms with Gasteiger partial charge in [0.2, 0.25) is 0 Å². The number of ether oxygens (including phenoxy) is 1. The predicted molar refractivity (Wildman–Crippen MR) is 76.2 cm³/mol. The van der Waals surface area contributed by atoms with Gasteiger partial charge >= 0.3 is 12.1 Å². The Labute approximate surface area is 128 Å². The second-order valence-corrected chi connectivity index (χ2v) is 5.33. The maximum Gasteiger partial charge on any atom is 0.416 e. The standard InChI is InChI=1S/C14H12F3NO3S/c1-2-21-13(20)11-10(19)7-22-12(11)18-9-5-3-4-8(6-9)14(15,16)17/h3-6,18H,2,7H2,1H3. The summed E-state index contributed by atoms with van der Waals surface area (Å²) in [6.07, 6.45) is -4.46. The molecule has 22 heavy (non-hydrogen) atoms. The second kappa shape index (κ2) is 6.43. The minimum atomic E-state index is -4.46. The highest BCUT2D eigenvalue weighted by molar-refractivity contribution is 8.04. The average molecular weight is 331 g/mol. The number of benzene rings is 1. The lowest BCUT2D eigenvalue weighted by molar-refractivity contribution is -0.140. The molecule has 0 fully saturated rings. The van der Waals surface area contributed by atoms with Gasteiger partial charge in [-0.3, -0.25) is 4.79 Å². The number of anilines is 1. The quantitative estimate of drug-likeness (QED) is 0.678. The van der Waals surface area contributed by atoms with E-state index in [1.165, 1.54) is 12.1 Å². The molecule has 0 atom stereocenters. The number of hydrogen-bond donors (Lipinski definition) is 1. The van der Waals surface area contributed by atoms with Gasteiger partial charge in [-0.2, -0.15) is 13.2 Å². The first-order valence-electron chi connectivity index (χ1n) is 6.34. The number of ketones is 1. The second-order valence-electron chi connectivity index (χ2n) is 4.34. The minimum absolute atomic E-state index is 0.0510. The molecular weight excluding hydrogens is 319 g/mol. The summed E-state index contributed by atoms with van der Waals surface area (Å²) in [6, 6.07) is 4.53. The van der Waals surface area contributed by atoms with Crippen molar-refractivity contribution in [3.05, 3.63) is 40.4 Å². The first-order chi connectivity index (χ1) is 10.3. The molecule has 0 bridgehead atoms. The van der Waals surface area contributed by atoms with Gasteiger partial charge in [-0.1, -0.05) is 17.8 Å². The van der Waals surface area contributed by atoms with Crippen molar-refractivity contribution in [2.24, 2.45) is 0 Å². The van der Waals surface area contributed by atoms with Gasteiger partial charge in [-0.05, 0) is 25.1 Å². The summed E-state index contributed by atoms with van der Waals surface area (Å²) in [5.74, 6) is -1.12. The molecule has 0 amide bonds. The highest BCUT2D eigenvalue weighted by atomic mass is 32.2. The van der Waals surface area contributed by atoms with Crippen molar-refractivity contribution in [1.29, 1.82) is 0 Å². The fraction of sp³-hybridized carbons (Fsp3) is 0.286. The van der Waals surface area contributed by atoms with E-state index in [1.54, 1.807) is 6.92 Å². The van der Waals surface area contributed by atoms with Crippen LogP contribution in [0.3, 0.4) is 0 Å². The molecule has 1 N–H and O–H groups in total. The van der Waals surface area contributed by atoms with Crippen molar-refractivity contribution in [1.82, 2.24) is 0 Å². The van der Waals surface area contributed by atoms with Crippen LogP contribution in [0.15, 0.2) is 34.9 Å². The van der Waals surface area contributed by atoms with Crippen molar-refractivity contribution in [2.75, 3.05) is 17.7 Å². The third-order valence-corrected chi connectivity index (χ3v) is 3.78. The van der Waals surface area contributed by atoms with Crippen LogP contribution in [0, 0.1) is 0 Å². The van der Waals surface area contributed by atoms with Crippen LogP contribution < -0.4 is 5.32 Å². The largest absolute Gasteiger partial charge is 0.462 e. The van der Waals surface area contributed by atoms with E-state index in [4.69, 9.17) is 4.74 Å². The van der Waals surface area contributed by atoms with Crippen molar-refractivity contribution in [3.63, 3.8) is 0 Å². The van der Waals surface area contributed by atoms with Crippen LogP contribution >= 0.6 is 11.8 Å². The number of nitrogens with one attached hydrogen (secondary N) is 1. The summed E-state index contributed by atoms with van der Waals surface area (Å²) >= 11 is 1.06. The fourth-order valence-electron chi connectivity index (χ4n) is 1.82. The molecule has 0 aliphatic carbocycles. The molecule has 0 radical (unpaired) electrons. The zero-order valence-corrected chi connectivity index (χ0v) is 12.3. The lowest BCUT2D eigenvalue weighted by Gasteiger charge is -2.11. The van der Waals surface area contributed by atoms with E-state index in [2.05, 4.69) is 5.32 Å². The molecule has 4 nitrogen and oxygen atoms in total. The molecule has 0 spiro atoms. The van der Waals surface area contributed by atoms with E-state index in [9.17, 15) is 22.8 Å². The Balaban J connectivity index is 2.29. The molecule has 118 valence electrons. The predicted octanol–water partition coefficient (Wildman–Crippen LogP) is 3.21. The molecule has 0 aromatic heterocycles. The third-order valence-electron chi connectivity index (χ3n) is 2.78. The monoisotopic (exact) mass is 331 g/mol. The molecule has 0 saturated carbocycles. The normalized spacial score (nSPS) is 15.2. The Morgan fingerprint density at radius 1 is 1.41 bits per heavy atom. The first kappa shape index (κ1) is 16.4. The number of thioether (sulfide) groups is 1. The Morgan fingerprint density at radius 2 is 2.14 bits per heavy atom. The highest BCUT2D eigenvalue weighted by Gasteiger charge is 2.32. The lowest BCUT2D eigenvalue weighted by Crippen LogP contribution is -2.16. The molecule has 0 saturated heterocycles. The Kier molecular flexibility index (Phi) is 4.80. The smallest absolute Gasteiger partial charge is 0.416 e. The minimum Gasteiger partial charge on any atom is -0.462 e. The summed E-state index contributed by atoms with van der Waals surface area (Å²) in [4.78, 5) is 23.5. The Hall–Kier alpha value is -1.96. The number of Topliss-reactive ketones (excluding diaryl/α,β-unsaturated/α-hetero) is 1. The Morgan fingerprint density at radius 3 is 2.77 bits per heavy atom. The summed E-state index contributed by atoms with van der Waals surface area (Å²) in [5, 5.41) is 2.90. The van der Waals surface area contributed by atoms with E-state index in [0.717, 1.165) is 23.9 Å². The van der Waals surface area contributed by atoms with Crippen molar-refractivity contribution >= 4 is 29.2 Å². The highest BCUT2D eigenvalue weighted by Crippen LogP contribution is 2.34. The van der Waals surface area contributed by atoms with Crippen molar-refractivity contribution < 1.29 is 27.5 Å². The lowest BCUT2D eigenvalue weighted by atomic mass is 10.2. The van der Waals surface area contributed by atoms with Gasteiger partial charge in [-0.15, -0.1) is 0 Å². The van der Waals surface area contributed by atoms with Gasteiger partial charge in [-0.25, -0.2) is 4.79 Å². The summed E-state index contributed by atoms with van der Waals surface area (Å²) < 4.78 is 42.8. The number of rotatable bonds is 4. The van der Waals surface area contributed by atoms with Crippen LogP contribution in [-0.2, 0) is 20.5 Å². The van der Waals surface area contributed by atoms with Gasteiger partial charge in [0, 0.05) is 5.69 Å². The fourth-order valence-corrected chi connectivity index (χ4v) is 2.77. The van der Waals surface area contributed by atoms with Crippen molar-refractivity contribution in [3.8, 4) is 0 Å². The van der Waals surface area contributed by atoms with Gasteiger partial charge < -0.3 is 10.1 Å². The summed E-state index contributed by atoms with van der Waals surface area (Å²) in [7, 11) is 0. The zero-order valence-electron chi connectivity index (χ0n) is 11.5. The maximum absolute atomic E-state index is 12.7. The molecule has 1 aliphatic rings. The van der Waals surface area contributed by atoms with Gasteiger partial charge in [0.1, 0.15) is 5.57 Å². The van der Waals surface area contributed by atoms with E-state index < -0.39 is 23.5 Å². The molecule has 2 rings (SSSR count). The van der Waals surface area contributed by atoms with Crippen molar-refractivity contribution in [2.45, 2.75) is 13.1 Å². The number of hydrogen-bond acceptors (Lipinski definition) is 5. The molecule has 1 aromatic carbocycles. The van der Waals surface area contributed by atoms with Crippen LogP contribution in [0.1, 0.15) is 12.5 Å². The third kappa shape index (κ3) is 3.62. The topological polar surface area (TPSA) is 55.4 Å². The molecule has 8 heteroatoms. The van der Waals surface area contributed by atoms with E-state index in [-0.39, 0.29) is 28.6 Å². The van der Waals surface area contributed by atoms with Crippen LogP contribution in [0.4, 0.5) is 18.9 Å². The SMILES string of the molecule is CCOC(=O)C1=C(Nc2cccc(C(F)(F)F)c2)SCC1=O. The average Bonchev–Trinajstić information content (AvgIpc) is 2.79. The number of alkyl halides is 3. The Bertz CT molecular complexity index is 640. The number of carbonyl (C=O) groups is 2. The van der Waals surface area contributed by atoms with Crippen LogP contribution in [-0.4, -0.2) is 24.1 Å². The summed E-state index contributed by atoms with van der Waals surface area (Å²) in [6.45, 7) is 1.71. The first-order valence-corrected chi connectivity index (χ1v) is 7.33. The molecule has 0 unspecified atom stereocenters. The van der Waals surface area contributed by atoms with Gasteiger partial charge in [0.05, 0.1) is 23.0 Å².